The zero-order valence-electron chi connectivity index (χ0n) is 12.1. The number of hydrogen-bond donors (Lipinski definition) is 2. The van der Waals surface area contributed by atoms with Crippen LogP contribution in [0.15, 0.2) is 24.8 Å². The highest BCUT2D eigenvalue weighted by Crippen LogP contribution is 2.30. The zero-order valence-corrected chi connectivity index (χ0v) is 12.1. The molecule has 3 heterocycles. The molecule has 0 radical (unpaired) electrons. The molecular formula is C16H23N3O. The number of nitrogens with two attached hydrogens (primary N) is 1. The lowest BCUT2D eigenvalue weighted by Gasteiger charge is -2.45. The topological polar surface area (TPSA) is 50.5 Å². The summed E-state index contributed by atoms with van der Waals surface area (Å²) in [5.41, 5.74) is 8.52. The fourth-order valence-electron chi connectivity index (χ4n) is 3.33. The van der Waals surface area contributed by atoms with Crippen molar-refractivity contribution in [1.29, 1.82) is 0 Å². The van der Waals surface area contributed by atoms with E-state index in [0.717, 1.165) is 23.7 Å². The quantitative estimate of drug-likeness (QED) is 0.823. The number of ether oxygens (including phenoxy) is 1. The molecule has 4 rings (SSSR count). The lowest BCUT2D eigenvalue weighted by atomic mass is 9.84. The molecule has 1 aromatic carbocycles. The number of benzene rings is 1. The molecule has 108 valence electrons. The molecular weight excluding hydrogens is 250 g/mol. The van der Waals surface area contributed by atoms with Gasteiger partial charge in [-0.3, -0.25) is 0 Å². The lowest BCUT2D eigenvalue weighted by Crippen LogP contribution is -2.55. The summed E-state index contributed by atoms with van der Waals surface area (Å²) in [7, 11) is 1.64. The van der Waals surface area contributed by atoms with Gasteiger partial charge < -0.3 is 20.7 Å². The monoisotopic (exact) mass is 273 g/mol. The molecule has 3 aliphatic heterocycles. The second-order valence-corrected chi connectivity index (χ2v) is 5.82. The van der Waals surface area contributed by atoms with Gasteiger partial charge in [-0.05, 0) is 44.0 Å². The maximum Gasteiger partial charge on any atom is 0.142 e. The number of methoxy groups -OCH3 is 1. The van der Waals surface area contributed by atoms with Crippen LogP contribution >= 0.6 is 0 Å². The lowest BCUT2D eigenvalue weighted by molar-refractivity contribution is 0.0801. The minimum atomic E-state index is 0.522. The Morgan fingerprint density at radius 1 is 1.40 bits per heavy atom. The standard InChI is InChI=1S/C16H23N3O/c1-11(13-3-4-14(17)16(9-13)20-2)18-15-10-19-7-5-12(15)6-8-19/h3-4,9,12,15,18H,1,5-8,10,17H2,2H3. The Morgan fingerprint density at radius 2 is 2.15 bits per heavy atom. The molecule has 3 saturated heterocycles. The van der Waals surface area contributed by atoms with E-state index in [-0.39, 0.29) is 0 Å². The maximum absolute atomic E-state index is 5.85. The highest BCUT2D eigenvalue weighted by Gasteiger charge is 2.34. The van der Waals surface area contributed by atoms with Gasteiger partial charge in [0.25, 0.3) is 0 Å². The van der Waals surface area contributed by atoms with Crippen molar-refractivity contribution in [2.45, 2.75) is 18.9 Å². The van der Waals surface area contributed by atoms with Crippen molar-refractivity contribution in [3.63, 3.8) is 0 Å². The summed E-state index contributed by atoms with van der Waals surface area (Å²) in [6, 6.07) is 6.34. The average Bonchev–Trinajstić information content (AvgIpc) is 2.49. The molecule has 0 saturated carbocycles. The Kier molecular flexibility index (Phi) is 3.57. The molecule has 4 nitrogen and oxygen atoms in total. The van der Waals surface area contributed by atoms with Crippen LogP contribution in [0.3, 0.4) is 0 Å². The second-order valence-electron chi connectivity index (χ2n) is 5.82. The molecule has 20 heavy (non-hydrogen) atoms. The predicted molar refractivity (Wildman–Crippen MR) is 82.5 cm³/mol. The highest BCUT2D eigenvalue weighted by atomic mass is 16.5. The maximum atomic E-state index is 5.85. The van der Waals surface area contributed by atoms with Crippen LogP contribution in [0.2, 0.25) is 0 Å². The number of nitrogen functional groups attached to an aromatic ring is 1. The van der Waals surface area contributed by atoms with Crippen molar-refractivity contribution in [2.75, 3.05) is 32.5 Å². The molecule has 1 atom stereocenters. The van der Waals surface area contributed by atoms with E-state index in [1.165, 1.54) is 25.9 Å². The summed E-state index contributed by atoms with van der Waals surface area (Å²) >= 11 is 0. The van der Waals surface area contributed by atoms with Gasteiger partial charge in [-0.25, -0.2) is 0 Å². The van der Waals surface area contributed by atoms with Crippen molar-refractivity contribution in [3.8, 4) is 5.75 Å². The van der Waals surface area contributed by atoms with E-state index in [1.54, 1.807) is 7.11 Å². The fraction of sp³-hybridized carbons (Fsp3) is 0.500. The molecule has 1 aromatic rings. The van der Waals surface area contributed by atoms with Crippen LogP contribution < -0.4 is 15.8 Å². The Hall–Kier alpha value is -1.68. The third-order valence-corrected chi connectivity index (χ3v) is 4.60. The smallest absolute Gasteiger partial charge is 0.142 e. The first-order valence-corrected chi connectivity index (χ1v) is 7.29. The molecule has 0 amide bonds. The number of nitrogens with zero attached hydrogens (tertiary/aromatic N) is 1. The van der Waals surface area contributed by atoms with Crippen LogP contribution in [0.25, 0.3) is 5.70 Å². The summed E-state index contributed by atoms with van der Waals surface area (Å²) in [5.74, 6) is 1.49. The molecule has 3 fully saturated rings. The van der Waals surface area contributed by atoms with Gasteiger partial charge in [-0.15, -0.1) is 0 Å². The van der Waals surface area contributed by atoms with Crippen molar-refractivity contribution in [1.82, 2.24) is 10.2 Å². The van der Waals surface area contributed by atoms with Crippen molar-refractivity contribution >= 4 is 11.4 Å². The highest BCUT2D eigenvalue weighted by molar-refractivity contribution is 5.67. The molecule has 3 N–H and O–H groups in total. The molecule has 4 heteroatoms. The first-order valence-electron chi connectivity index (χ1n) is 7.29. The van der Waals surface area contributed by atoms with Gasteiger partial charge >= 0.3 is 0 Å². The second kappa shape index (κ2) is 5.37. The predicted octanol–water partition coefficient (Wildman–Crippen LogP) is 1.93. The van der Waals surface area contributed by atoms with Gasteiger partial charge in [0.1, 0.15) is 5.75 Å². The van der Waals surface area contributed by atoms with Gasteiger partial charge in [0.15, 0.2) is 0 Å². The van der Waals surface area contributed by atoms with E-state index in [2.05, 4.69) is 16.8 Å². The van der Waals surface area contributed by atoms with Gasteiger partial charge in [-0.2, -0.15) is 0 Å². The molecule has 0 aliphatic carbocycles. The number of hydrogen-bond acceptors (Lipinski definition) is 4. The Bertz CT molecular complexity index is 506. The van der Waals surface area contributed by atoms with Crippen LogP contribution in [0.4, 0.5) is 5.69 Å². The first kappa shape index (κ1) is 13.3. The molecule has 2 bridgehead atoms. The van der Waals surface area contributed by atoms with Crippen LogP contribution in [-0.4, -0.2) is 37.7 Å². The van der Waals surface area contributed by atoms with E-state index in [4.69, 9.17) is 10.5 Å². The molecule has 1 unspecified atom stereocenters. The first-order chi connectivity index (χ1) is 9.67. The summed E-state index contributed by atoms with van der Waals surface area (Å²) in [6.45, 7) is 7.83. The Labute approximate surface area is 120 Å². The number of anilines is 1. The SMILES string of the molecule is C=C(NC1CN2CCC1CC2)c1ccc(N)c(OC)c1. The number of rotatable bonds is 4. The van der Waals surface area contributed by atoms with Crippen LogP contribution in [0, 0.1) is 5.92 Å². The van der Waals surface area contributed by atoms with E-state index in [0.29, 0.717) is 17.5 Å². The van der Waals surface area contributed by atoms with E-state index in [9.17, 15) is 0 Å². The molecule has 0 aromatic heterocycles. The Morgan fingerprint density at radius 3 is 2.75 bits per heavy atom. The third-order valence-electron chi connectivity index (χ3n) is 4.60. The normalized spacial score (nSPS) is 28.1. The zero-order chi connectivity index (χ0) is 14.1. The van der Waals surface area contributed by atoms with Gasteiger partial charge in [0.2, 0.25) is 0 Å². The number of fused-ring (bicyclic) bond motifs is 3. The largest absolute Gasteiger partial charge is 0.495 e. The minimum absolute atomic E-state index is 0.522. The average molecular weight is 273 g/mol. The molecule has 3 aliphatic rings. The summed E-state index contributed by atoms with van der Waals surface area (Å²) < 4.78 is 5.27. The summed E-state index contributed by atoms with van der Waals surface area (Å²) in [6.07, 6.45) is 2.60. The van der Waals surface area contributed by atoms with Crippen LogP contribution in [0.5, 0.6) is 5.75 Å². The fourth-order valence-corrected chi connectivity index (χ4v) is 3.33. The van der Waals surface area contributed by atoms with E-state index >= 15 is 0 Å². The third kappa shape index (κ3) is 2.48. The van der Waals surface area contributed by atoms with E-state index < -0.39 is 0 Å². The van der Waals surface area contributed by atoms with Crippen molar-refractivity contribution in [2.24, 2.45) is 5.92 Å². The van der Waals surface area contributed by atoms with Gasteiger partial charge in [0, 0.05) is 23.8 Å². The van der Waals surface area contributed by atoms with Gasteiger partial charge in [-0.1, -0.05) is 12.6 Å². The van der Waals surface area contributed by atoms with E-state index in [1.807, 2.05) is 18.2 Å². The van der Waals surface area contributed by atoms with Crippen LogP contribution in [0.1, 0.15) is 18.4 Å². The summed E-state index contributed by atoms with van der Waals surface area (Å²) in [5, 5.41) is 3.60. The summed E-state index contributed by atoms with van der Waals surface area (Å²) in [4.78, 5) is 2.54. The minimum Gasteiger partial charge on any atom is -0.495 e. The molecule has 0 spiro atoms. The number of piperidine rings is 3. The van der Waals surface area contributed by atoms with Gasteiger partial charge in [0.05, 0.1) is 12.8 Å². The van der Waals surface area contributed by atoms with Crippen molar-refractivity contribution in [3.05, 3.63) is 30.3 Å². The Balaban J connectivity index is 1.70. The van der Waals surface area contributed by atoms with Crippen LogP contribution in [-0.2, 0) is 0 Å². The van der Waals surface area contributed by atoms with Crippen molar-refractivity contribution < 1.29 is 4.74 Å². The number of nitrogens with one attached hydrogen (secondary N) is 1.